The van der Waals surface area contributed by atoms with Crippen LogP contribution in [-0.2, 0) is 6.54 Å². The van der Waals surface area contributed by atoms with Crippen LogP contribution in [0.25, 0.3) is 0 Å². The second kappa shape index (κ2) is 5.50. The largest absolute Gasteiger partial charge is 0.307 e. The monoisotopic (exact) mass is 295 g/mol. The van der Waals surface area contributed by atoms with Gasteiger partial charge in [-0.25, -0.2) is 0 Å². The fraction of sp³-hybridized carbons (Fsp3) is 0.600. The predicted molar refractivity (Wildman–Crippen MR) is 68.3 cm³/mol. The zero-order valence-electron chi connectivity index (χ0n) is 8.44. The summed E-state index contributed by atoms with van der Waals surface area (Å²) in [6, 6.07) is 4.22. The average Bonchev–Trinajstić information content (AvgIpc) is 2.48. The van der Waals surface area contributed by atoms with Crippen LogP contribution < -0.4 is 5.32 Å². The Morgan fingerprint density at radius 1 is 1.50 bits per heavy atom. The van der Waals surface area contributed by atoms with Crippen molar-refractivity contribution in [2.24, 2.45) is 0 Å². The molecule has 1 N–H and O–H groups in total. The van der Waals surface area contributed by atoms with Gasteiger partial charge in [0.25, 0.3) is 0 Å². The number of alkyl halides is 1. The maximum absolute atomic E-state index is 5.73. The molecule has 0 amide bonds. The molecule has 1 heterocycles. The highest BCUT2D eigenvalue weighted by molar-refractivity contribution is 9.11. The third-order valence-electron chi connectivity index (χ3n) is 2.09. The van der Waals surface area contributed by atoms with Crippen molar-refractivity contribution in [1.82, 2.24) is 5.32 Å². The maximum Gasteiger partial charge on any atom is 0.0701 e. The van der Waals surface area contributed by atoms with E-state index in [0.29, 0.717) is 5.88 Å². The number of thiophene rings is 1. The summed E-state index contributed by atoms with van der Waals surface area (Å²) < 4.78 is 1.18. The van der Waals surface area contributed by atoms with Gasteiger partial charge in [-0.3, -0.25) is 0 Å². The third kappa shape index (κ3) is 4.30. The summed E-state index contributed by atoms with van der Waals surface area (Å²) in [5.74, 6) is 0.703. The van der Waals surface area contributed by atoms with Crippen molar-refractivity contribution < 1.29 is 0 Å². The Morgan fingerprint density at radius 3 is 2.71 bits per heavy atom. The molecule has 0 unspecified atom stereocenters. The van der Waals surface area contributed by atoms with Crippen LogP contribution in [0.2, 0.25) is 0 Å². The first-order valence-corrected chi connectivity index (χ1v) is 6.73. The van der Waals surface area contributed by atoms with Crippen molar-refractivity contribution in [2.75, 3.05) is 5.88 Å². The van der Waals surface area contributed by atoms with Crippen molar-refractivity contribution in [3.05, 3.63) is 20.8 Å². The Hall–Kier alpha value is 0.430. The molecule has 0 spiro atoms. The molecule has 0 fully saturated rings. The van der Waals surface area contributed by atoms with E-state index in [9.17, 15) is 0 Å². The number of nitrogens with one attached hydrogen (secondary N) is 1. The van der Waals surface area contributed by atoms with Gasteiger partial charge in [-0.15, -0.1) is 22.9 Å². The first-order chi connectivity index (χ1) is 6.53. The minimum Gasteiger partial charge on any atom is -0.307 e. The molecular formula is C10H15BrClNS. The highest BCUT2D eigenvalue weighted by Gasteiger charge is 2.15. The van der Waals surface area contributed by atoms with E-state index >= 15 is 0 Å². The molecule has 0 atom stereocenters. The first-order valence-electron chi connectivity index (χ1n) is 4.59. The van der Waals surface area contributed by atoms with Crippen LogP contribution in [0.1, 0.15) is 25.1 Å². The van der Waals surface area contributed by atoms with Gasteiger partial charge in [0.2, 0.25) is 0 Å². The third-order valence-corrected chi connectivity index (χ3v) is 3.90. The number of hydrogen-bond acceptors (Lipinski definition) is 2. The van der Waals surface area contributed by atoms with Crippen molar-refractivity contribution in [2.45, 2.75) is 32.4 Å². The molecule has 4 heteroatoms. The summed E-state index contributed by atoms with van der Waals surface area (Å²) in [5, 5.41) is 3.49. The quantitative estimate of drug-likeness (QED) is 0.810. The SMILES string of the molecule is CC(C)(CCCl)NCc1ccc(Br)s1. The van der Waals surface area contributed by atoms with Gasteiger partial charge in [0.05, 0.1) is 3.79 Å². The van der Waals surface area contributed by atoms with Gasteiger partial charge in [-0.05, 0) is 48.3 Å². The highest BCUT2D eigenvalue weighted by atomic mass is 79.9. The molecule has 0 aliphatic heterocycles. The van der Waals surface area contributed by atoms with Gasteiger partial charge < -0.3 is 5.32 Å². The van der Waals surface area contributed by atoms with Gasteiger partial charge in [0.15, 0.2) is 0 Å². The van der Waals surface area contributed by atoms with Gasteiger partial charge in [-0.2, -0.15) is 0 Å². The molecule has 1 rings (SSSR count). The molecule has 0 saturated carbocycles. The lowest BCUT2D eigenvalue weighted by molar-refractivity contribution is 0.378. The van der Waals surface area contributed by atoms with E-state index in [4.69, 9.17) is 11.6 Å². The fourth-order valence-electron chi connectivity index (χ4n) is 1.10. The minimum absolute atomic E-state index is 0.123. The number of rotatable bonds is 5. The second-order valence-corrected chi connectivity index (χ2v) is 6.81. The first kappa shape index (κ1) is 12.5. The van der Waals surface area contributed by atoms with Crippen molar-refractivity contribution >= 4 is 38.9 Å². The van der Waals surface area contributed by atoms with E-state index in [2.05, 4.69) is 47.2 Å². The Morgan fingerprint density at radius 2 is 2.21 bits per heavy atom. The average molecular weight is 297 g/mol. The van der Waals surface area contributed by atoms with Crippen molar-refractivity contribution in [3.63, 3.8) is 0 Å². The lowest BCUT2D eigenvalue weighted by atomic mass is 10.0. The van der Waals surface area contributed by atoms with E-state index in [-0.39, 0.29) is 5.54 Å². The molecule has 0 radical (unpaired) electrons. The Balaban J connectivity index is 2.40. The standard InChI is InChI=1S/C10H15BrClNS/c1-10(2,5-6-12)13-7-8-3-4-9(11)14-8/h3-4,13H,5-7H2,1-2H3. The van der Waals surface area contributed by atoms with E-state index in [0.717, 1.165) is 13.0 Å². The van der Waals surface area contributed by atoms with E-state index in [1.54, 1.807) is 11.3 Å². The molecule has 14 heavy (non-hydrogen) atoms. The summed E-state index contributed by atoms with van der Waals surface area (Å²) in [6.07, 6.45) is 0.987. The van der Waals surface area contributed by atoms with Gasteiger partial charge in [0.1, 0.15) is 0 Å². The summed E-state index contributed by atoms with van der Waals surface area (Å²) in [5.41, 5.74) is 0.123. The number of hydrogen-bond donors (Lipinski definition) is 1. The molecule has 0 bridgehead atoms. The Bertz CT molecular complexity index is 285. The molecule has 80 valence electrons. The highest BCUT2D eigenvalue weighted by Crippen LogP contribution is 2.22. The van der Waals surface area contributed by atoms with Crippen LogP contribution in [0.3, 0.4) is 0 Å². The van der Waals surface area contributed by atoms with Crippen LogP contribution in [0.4, 0.5) is 0 Å². The smallest absolute Gasteiger partial charge is 0.0701 e. The van der Waals surface area contributed by atoms with Crippen molar-refractivity contribution in [1.29, 1.82) is 0 Å². The molecule has 1 aromatic rings. The zero-order chi connectivity index (χ0) is 10.6. The van der Waals surface area contributed by atoms with Crippen LogP contribution in [0.15, 0.2) is 15.9 Å². The zero-order valence-corrected chi connectivity index (χ0v) is 11.6. The predicted octanol–water partition coefficient (Wildman–Crippen LogP) is 4.01. The van der Waals surface area contributed by atoms with Crippen LogP contribution >= 0.6 is 38.9 Å². The van der Waals surface area contributed by atoms with Gasteiger partial charge in [-0.1, -0.05) is 0 Å². The maximum atomic E-state index is 5.73. The second-order valence-electron chi connectivity index (χ2n) is 3.88. The summed E-state index contributed by atoms with van der Waals surface area (Å²) in [4.78, 5) is 1.35. The van der Waals surface area contributed by atoms with E-state index in [1.165, 1.54) is 8.66 Å². The lowest BCUT2D eigenvalue weighted by Gasteiger charge is -2.25. The summed E-state index contributed by atoms with van der Waals surface area (Å²) in [7, 11) is 0. The Labute approximate surface area is 103 Å². The van der Waals surface area contributed by atoms with Gasteiger partial charge in [0, 0.05) is 22.8 Å². The molecule has 0 saturated heterocycles. The molecule has 0 aliphatic carbocycles. The van der Waals surface area contributed by atoms with Crippen LogP contribution in [0.5, 0.6) is 0 Å². The molecular weight excluding hydrogens is 282 g/mol. The number of halogens is 2. The lowest BCUT2D eigenvalue weighted by Crippen LogP contribution is -2.38. The van der Waals surface area contributed by atoms with Crippen molar-refractivity contribution in [3.8, 4) is 0 Å². The van der Waals surface area contributed by atoms with Gasteiger partial charge >= 0.3 is 0 Å². The van der Waals surface area contributed by atoms with E-state index < -0.39 is 0 Å². The summed E-state index contributed by atoms with van der Waals surface area (Å²) in [6.45, 7) is 5.27. The van der Waals surface area contributed by atoms with Crippen LogP contribution in [-0.4, -0.2) is 11.4 Å². The Kier molecular flexibility index (Phi) is 4.91. The molecule has 1 nitrogen and oxygen atoms in total. The fourth-order valence-corrected chi connectivity index (χ4v) is 2.99. The molecule has 0 aromatic carbocycles. The minimum atomic E-state index is 0.123. The summed E-state index contributed by atoms with van der Waals surface area (Å²) >= 11 is 10.9. The topological polar surface area (TPSA) is 12.0 Å². The molecule has 1 aromatic heterocycles. The normalized spacial score (nSPS) is 12.0. The van der Waals surface area contributed by atoms with Crippen LogP contribution in [0, 0.1) is 0 Å². The van der Waals surface area contributed by atoms with E-state index in [1.807, 2.05) is 0 Å². The molecule has 0 aliphatic rings.